The monoisotopic (exact) mass is 231 g/mol. The van der Waals surface area contributed by atoms with Crippen LogP contribution in [-0.2, 0) is 0 Å². The summed E-state index contributed by atoms with van der Waals surface area (Å²) in [6.07, 6.45) is 1.77. The van der Waals surface area contributed by atoms with E-state index in [1.165, 1.54) is 4.90 Å². The molecule has 0 unspecified atom stereocenters. The summed E-state index contributed by atoms with van der Waals surface area (Å²) < 4.78 is 0. The molecule has 1 aromatic heterocycles. The maximum atomic E-state index is 4.40. The molecule has 0 aliphatic rings. The Labute approximate surface area is 99.3 Å². The second-order valence-corrected chi connectivity index (χ2v) is 4.26. The summed E-state index contributed by atoms with van der Waals surface area (Å²) >= 11 is 1.64. The molecule has 2 aromatic rings. The van der Waals surface area contributed by atoms with Crippen LogP contribution in [0.1, 0.15) is 6.92 Å². The summed E-state index contributed by atoms with van der Waals surface area (Å²) in [5.74, 6) is 0.684. The van der Waals surface area contributed by atoms with Gasteiger partial charge in [0.2, 0.25) is 5.95 Å². The minimum atomic E-state index is 0.684. The lowest BCUT2D eigenvalue weighted by Gasteiger charge is -2.03. The lowest BCUT2D eigenvalue weighted by Crippen LogP contribution is -2.01. The molecule has 0 atom stereocenters. The van der Waals surface area contributed by atoms with Gasteiger partial charge in [-0.15, -0.1) is 0 Å². The van der Waals surface area contributed by atoms with Crippen molar-refractivity contribution in [3.63, 3.8) is 0 Å². The van der Waals surface area contributed by atoms with Crippen LogP contribution in [-0.4, -0.2) is 16.5 Å². The van der Waals surface area contributed by atoms with Gasteiger partial charge in [0, 0.05) is 17.6 Å². The van der Waals surface area contributed by atoms with Crippen LogP contribution in [0.3, 0.4) is 0 Å². The first-order valence-electron chi connectivity index (χ1n) is 5.18. The fourth-order valence-electron chi connectivity index (χ4n) is 1.25. The summed E-state index contributed by atoms with van der Waals surface area (Å²) in [6.45, 7) is 2.86. The highest BCUT2D eigenvalue weighted by Crippen LogP contribution is 2.25. The van der Waals surface area contributed by atoms with Crippen molar-refractivity contribution in [1.82, 2.24) is 9.97 Å². The highest BCUT2D eigenvalue weighted by Gasteiger charge is 2.00. The quantitative estimate of drug-likeness (QED) is 0.821. The Kier molecular flexibility index (Phi) is 3.77. The molecule has 0 fully saturated rings. The molecule has 0 saturated heterocycles. The molecule has 3 nitrogen and oxygen atoms in total. The standard InChI is InChI=1S/C12H13N3S/c1-2-13-12-14-9-8-11(15-12)16-10-6-4-3-5-7-10/h3-9H,2H2,1H3,(H,13,14,15). The Morgan fingerprint density at radius 2 is 2.00 bits per heavy atom. The van der Waals surface area contributed by atoms with E-state index in [0.717, 1.165) is 11.6 Å². The van der Waals surface area contributed by atoms with Gasteiger partial charge in [0.1, 0.15) is 5.03 Å². The number of anilines is 1. The van der Waals surface area contributed by atoms with Gasteiger partial charge in [-0.25, -0.2) is 9.97 Å². The minimum Gasteiger partial charge on any atom is -0.354 e. The van der Waals surface area contributed by atoms with Gasteiger partial charge in [-0.1, -0.05) is 30.0 Å². The molecular weight excluding hydrogens is 218 g/mol. The summed E-state index contributed by atoms with van der Waals surface area (Å²) in [4.78, 5) is 9.72. The van der Waals surface area contributed by atoms with E-state index < -0.39 is 0 Å². The number of nitrogens with zero attached hydrogens (tertiary/aromatic N) is 2. The fourth-order valence-corrected chi connectivity index (χ4v) is 2.05. The van der Waals surface area contributed by atoms with Gasteiger partial charge in [0.05, 0.1) is 0 Å². The highest BCUT2D eigenvalue weighted by molar-refractivity contribution is 7.99. The Bertz CT molecular complexity index is 445. The van der Waals surface area contributed by atoms with Crippen LogP contribution in [0, 0.1) is 0 Å². The topological polar surface area (TPSA) is 37.8 Å². The largest absolute Gasteiger partial charge is 0.354 e. The van der Waals surface area contributed by atoms with Gasteiger partial charge in [-0.3, -0.25) is 0 Å². The Morgan fingerprint density at radius 1 is 1.19 bits per heavy atom. The van der Waals surface area contributed by atoms with Gasteiger partial charge >= 0.3 is 0 Å². The lowest BCUT2D eigenvalue weighted by atomic mass is 10.4. The molecule has 0 spiro atoms. The zero-order valence-corrected chi connectivity index (χ0v) is 9.87. The van der Waals surface area contributed by atoms with E-state index in [9.17, 15) is 0 Å². The number of benzene rings is 1. The van der Waals surface area contributed by atoms with Crippen molar-refractivity contribution in [3.8, 4) is 0 Å². The van der Waals surface area contributed by atoms with E-state index in [2.05, 4.69) is 27.4 Å². The summed E-state index contributed by atoms with van der Waals surface area (Å²) in [5, 5.41) is 4.05. The van der Waals surface area contributed by atoms with Crippen molar-refractivity contribution in [1.29, 1.82) is 0 Å². The fraction of sp³-hybridized carbons (Fsp3) is 0.167. The van der Waals surface area contributed by atoms with Crippen molar-refractivity contribution in [2.24, 2.45) is 0 Å². The number of hydrogen-bond acceptors (Lipinski definition) is 4. The molecule has 0 aliphatic carbocycles. The third-order valence-electron chi connectivity index (χ3n) is 1.93. The van der Waals surface area contributed by atoms with Gasteiger partial charge in [-0.2, -0.15) is 0 Å². The summed E-state index contributed by atoms with van der Waals surface area (Å²) in [5.41, 5.74) is 0. The van der Waals surface area contributed by atoms with E-state index in [1.807, 2.05) is 31.2 Å². The van der Waals surface area contributed by atoms with Crippen molar-refractivity contribution >= 4 is 17.7 Å². The summed E-state index contributed by atoms with van der Waals surface area (Å²) in [6, 6.07) is 12.1. The second-order valence-electron chi connectivity index (χ2n) is 3.16. The first-order chi connectivity index (χ1) is 7.88. The van der Waals surface area contributed by atoms with E-state index in [1.54, 1.807) is 18.0 Å². The zero-order chi connectivity index (χ0) is 11.2. The van der Waals surface area contributed by atoms with E-state index in [-0.39, 0.29) is 0 Å². The van der Waals surface area contributed by atoms with Crippen LogP contribution < -0.4 is 5.32 Å². The van der Waals surface area contributed by atoms with Gasteiger partial charge in [0.25, 0.3) is 0 Å². The van der Waals surface area contributed by atoms with Crippen molar-refractivity contribution in [2.75, 3.05) is 11.9 Å². The SMILES string of the molecule is CCNc1nccc(Sc2ccccc2)n1. The lowest BCUT2D eigenvalue weighted by molar-refractivity contribution is 1.01. The number of hydrogen-bond donors (Lipinski definition) is 1. The smallest absolute Gasteiger partial charge is 0.223 e. The number of aromatic nitrogens is 2. The molecule has 2 rings (SSSR count). The average molecular weight is 231 g/mol. The Hall–Kier alpha value is -1.55. The van der Waals surface area contributed by atoms with Crippen LogP contribution in [0.25, 0.3) is 0 Å². The van der Waals surface area contributed by atoms with Gasteiger partial charge in [-0.05, 0) is 25.1 Å². The van der Waals surface area contributed by atoms with Crippen LogP contribution in [0.5, 0.6) is 0 Å². The second kappa shape index (κ2) is 5.51. The van der Waals surface area contributed by atoms with Crippen molar-refractivity contribution in [2.45, 2.75) is 16.8 Å². The Morgan fingerprint density at radius 3 is 2.75 bits per heavy atom. The van der Waals surface area contributed by atoms with E-state index in [0.29, 0.717) is 5.95 Å². The number of nitrogens with one attached hydrogen (secondary N) is 1. The highest BCUT2D eigenvalue weighted by atomic mass is 32.2. The third kappa shape index (κ3) is 2.97. The molecule has 0 saturated carbocycles. The normalized spacial score (nSPS) is 10.1. The van der Waals surface area contributed by atoms with Gasteiger partial charge < -0.3 is 5.32 Å². The van der Waals surface area contributed by atoms with Crippen LogP contribution in [0.15, 0.2) is 52.5 Å². The predicted molar refractivity (Wildman–Crippen MR) is 66.8 cm³/mol. The predicted octanol–water partition coefficient (Wildman–Crippen LogP) is 3.06. The van der Waals surface area contributed by atoms with E-state index in [4.69, 9.17) is 0 Å². The van der Waals surface area contributed by atoms with Crippen LogP contribution in [0.2, 0.25) is 0 Å². The summed E-state index contributed by atoms with van der Waals surface area (Å²) in [7, 11) is 0. The maximum absolute atomic E-state index is 4.40. The molecule has 0 amide bonds. The van der Waals surface area contributed by atoms with E-state index >= 15 is 0 Å². The third-order valence-corrected chi connectivity index (χ3v) is 2.87. The minimum absolute atomic E-state index is 0.684. The molecular formula is C12H13N3S. The average Bonchev–Trinajstić information content (AvgIpc) is 2.31. The zero-order valence-electron chi connectivity index (χ0n) is 9.05. The maximum Gasteiger partial charge on any atom is 0.223 e. The molecule has 0 aliphatic heterocycles. The molecule has 1 aromatic carbocycles. The van der Waals surface area contributed by atoms with Crippen LogP contribution >= 0.6 is 11.8 Å². The molecule has 16 heavy (non-hydrogen) atoms. The molecule has 0 bridgehead atoms. The number of rotatable bonds is 4. The van der Waals surface area contributed by atoms with Crippen molar-refractivity contribution < 1.29 is 0 Å². The van der Waals surface area contributed by atoms with Gasteiger partial charge in [0.15, 0.2) is 0 Å². The first kappa shape index (κ1) is 11.0. The molecule has 82 valence electrons. The molecule has 1 heterocycles. The molecule has 4 heteroatoms. The molecule has 0 radical (unpaired) electrons. The van der Waals surface area contributed by atoms with Crippen LogP contribution in [0.4, 0.5) is 5.95 Å². The van der Waals surface area contributed by atoms with Crippen molar-refractivity contribution in [3.05, 3.63) is 42.6 Å². The first-order valence-corrected chi connectivity index (χ1v) is 6.00. The Balaban J connectivity index is 2.12. The molecule has 1 N–H and O–H groups in total.